The van der Waals surface area contributed by atoms with E-state index in [0.717, 1.165) is 24.3 Å². The highest BCUT2D eigenvalue weighted by molar-refractivity contribution is 4.96. The van der Waals surface area contributed by atoms with Gasteiger partial charge in [-0.25, -0.2) is 0 Å². The van der Waals surface area contributed by atoms with Gasteiger partial charge in [-0.15, -0.1) is 0 Å². The Bertz CT molecular complexity index is 319. The van der Waals surface area contributed by atoms with Gasteiger partial charge in [-0.3, -0.25) is 0 Å². The Kier molecular flexibility index (Phi) is 6.14. The summed E-state index contributed by atoms with van der Waals surface area (Å²) < 4.78 is 6.15. The Morgan fingerprint density at radius 1 is 1.00 bits per heavy atom. The second-order valence-electron chi connectivity index (χ2n) is 7.99. The van der Waals surface area contributed by atoms with Crippen molar-refractivity contribution in [3.63, 3.8) is 0 Å². The maximum absolute atomic E-state index is 6.15. The van der Waals surface area contributed by atoms with Gasteiger partial charge >= 0.3 is 0 Å². The fourth-order valence-corrected chi connectivity index (χ4v) is 4.76. The van der Waals surface area contributed by atoms with Gasteiger partial charge in [-0.05, 0) is 63.3 Å². The van der Waals surface area contributed by atoms with Crippen LogP contribution in [0.25, 0.3) is 0 Å². The summed E-state index contributed by atoms with van der Waals surface area (Å²) in [6, 6.07) is 0.648. The molecule has 21 heavy (non-hydrogen) atoms. The summed E-state index contributed by atoms with van der Waals surface area (Å²) in [5.41, 5.74) is 0. The van der Waals surface area contributed by atoms with Crippen molar-refractivity contribution >= 4 is 0 Å². The van der Waals surface area contributed by atoms with Crippen LogP contribution in [0.4, 0.5) is 0 Å². The van der Waals surface area contributed by atoms with Crippen molar-refractivity contribution in [3.05, 3.63) is 0 Å². The molecule has 0 aromatic heterocycles. The molecule has 8 atom stereocenters. The fraction of sp³-hybridized carbons (Fsp3) is 1.00. The minimum atomic E-state index is 0.402. The molecule has 0 spiro atoms. The fourth-order valence-electron chi connectivity index (χ4n) is 4.76. The number of hydrogen-bond donors (Lipinski definition) is 1. The van der Waals surface area contributed by atoms with Crippen molar-refractivity contribution in [1.82, 2.24) is 5.32 Å². The van der Waals surface area contributed by atoms with Crippen molar-refractivity contribution in [3.8, 4) is 0 Å². The van der Waals surface area contributed by atoms with Crippen molar-refractivity contribution in [2.24, 2.45) is 29.6 Å². The molecule has 2 fully saturated rings. The lowest BCUT2D eigenvalue weighted by molar-refractivity contribution is 0.0400. The molecular formula is C19H37NO. The summed E-state index contributed by atoms with van der Waals surface area (Å²) in [7, 11) is 0. The Balaban J connectivity index is 2.10. The second kappa shape index (κ2) is 7.46. The zero-order chi connectivity index (χ0) is 15.6. The molecule has 0 amide bonds. The first kappa shape index (κ1) is 17.3. The third kappa shape index (κ3) is 3.82. The average Bonchev–Trinajstić information content (AvgIpc) is 2.69. The van der Waals surface area contributed by atoms with Gasteiger partial charge in [-0.1, -0.05) is 34.1 Å². The molecule has 1 saturated carbocycles. The Morgan fingerprint density at radius 2 is 1.71 bits per heavy atom. The molecule has 8 unspecified atom stereocenters. The van der Waals surface area contributed by atoms with Crippen molar-refractivity contribution in [2.45, 2.75) is 85.5 Å². The van der Waals surface area contributed by atoms with E-state index in [4.69, 9.17) is 4.74 Å². The van der Waals surface area contributed by atoms with E-state index < -0.39 is 0 Å². The van der Waals surface area contributed by atoms with Crippen molar-refractivity contribution < 1.29 is 4.74 Å². The summed E-state index contributed by atoms with van der Waals surface area (Å²) in [6.45, 7) is 15.2. The van der Waals surface area contributed by atoms with E-state index in [1.54, 1.807) is 0 Å². The summed E-state index contributed by atoms with van der Waals surface area (Å²) >= 11 is 0. The molecule has 0 bridgehead atoms. The number of ether oxygens (including phenoxy) is 1. The van der Waals surface area contributed by atoms with Gasteiger partial charge in [0.25, 0.3) is 0 Å². The molecule has 2 rings (SSSR count). The van der Waals surface area contributed by atoms with Crippen LogP contribution in [-0.4, -0.2) is 24.8 Å². The minimum absolute atomic E-state index is 0.402. The average molecular weight is 296 g/mol. The first-order valence-electron chi connectivity index (χ1n) is 9.34. The van der Waals surface area contributed by atoms with E-state index in [1.165, 1.54) is 25.7 Å². The van der Waals surface area contributed by atoms with E-state index >= 15 is 0 Å². The molecule has 2 aliphatic rings. The summed E-state index contributed by atoms with van der Waals surface area (Å²) in [4.78, 5) is 0. The van der Waals surface area contributed by atoms with Crippen LogP contribution in [-0.2, 0) is 4.74 Å². The molecule has 1 heterocycles. The lowest BCUT2D eigenvalue weighted by Gasteiger charge is -2.41. The highest BCUT2D eigenvalue weighted by Crippen LogP contribution is 2.42. The zero-order valence-electron chi connectivity index (χ0n) is 15.1. The Morgan fingerprint density at radius 3 is 2.24 bits per heavy atom. The molecule has 0 aromatic rings. The minimum Gasteiger partial charge on any atom is -0.375 e. The predicted molar refractivity (Wildman–Crippen MR) is 90.4 cm³/mol. The van der Waals surface area contributed by atoms with Gasteiger partial charge in [0.2, 0.25) is 0 Å². The van der Waals surface area contributed by atoms with Crippen molar-refractivity contribution in [2.75, 3.05) is 6.54 Å². The maximum Gasteiger partial charge on any atom is 0.0597 e. The molecule has 1 aliphatic carbocycles. The van der Waals surface area contributed by atoms with E-state index in [1.807, 2.05) is 0 Å². The normalized spacial score (nSPS) is 45.7. The monoisotopic (exact) mass is 295 g/mol. The van der Waals surface area contributed by atoms with Crippen LogP contribution >= 0.6 is 0 Å². The number of nitrogens with one attached hydrogen (secondary N) is 1. The Hall–Kier alpha value is -0.0800. The third-order valence-electron chi connectivity index (χ3n) is 6.51. The largest absolute Gasteiger partial charge is 0.375 e. The maximum atomic E-state index is 6.15. The van der Waals surface area contributed by atoms with Gasteiger partial charge in [-0.2, -0.15) is 0 Å². The molecule has 2 heteroatoms. The van der Waals surface area contributed by atoms with Crippen LogP contribution in [0.5, 0.6) is 0 Å². The van der Waals surface area contributed by atoms with E-state index in [0.29, 0.717) is 30.1 Å². The molecular weight excluding hydrogens is 258 g/mol. The van der Waals surface area contributed by atoms with Crippen molar-refractivity contribution in [1.29, 1.82) is 0 Å². The van der Waals surface area contributed by atoms with Crippen LogP contribution in [0.3, 0.4) is 0 Å². The zero-order valence-corrected chi connectivity index (χ0v) is 15.1. The van der Waals surface area contributed by atoms with Crippen LogP contribution < -0.4 is 5.32 Å². The van der Waals surface area contributed by atoms with Crippen LogP contribution in [0.1, 0.15) is 67.2 Å². The molecule has 0 radical (unpaired) electrons. The lowest BCUT2D eigenvalue weighted by atomic mass is 9.68. The van der Waals surface area contributed by atoms with Gasteiger partial charge in [0.15, 0.2) is 0 Å². The van der Waals surface area contributed by atoms with Crippen LogP contribution in [0.2, 0.25) is 0 Å². The van der Waals surface area contributed by atoms with E-state index in [-0.39, 0.29) is 0 Å². The molecule has 1 saturated heterocycles. The van der Waals surface area contributed by atoms with Crippen LogP contribution in [0, 0.1) is 29.6 Å². The molecule has 1 N–H and O–H groups in total. The highest BCUT2D eigenvalue weighted by Gasteiger charge is 2.45. The van der Waals surface area contributed by atoms with Crippen LogP contribution in [0.15, 0.2) is 0 Å². The topological polar surface area (TPSA) is 21.3 Å². The lowest BCUT2D eigenvalue weighted by Crippen LogP contribution is -2.48. The predicted octanol–water partition coefficient (Wildman–Crippen LogP) is 4.49. The number of rotatable bonds is 5. The standard InChI is InChI=1S/C19H37NO/c1-7-10-20-19(17-9-8-12(2)13(3)11-17)18-14(4)15(5)21-16(18)6/h12-20H,7-11H2,1-6H3. The van der Waals surface area contributed by atoms with Gasteiger partial charge in [0, 0.05) is 12.0 Å². The summed E-state index contributed by atoms with van der Waals surface area (Å²) in [6.07, 6.45) is 6.24. The highest BCUT2D eigenvalue weighted by atomic mass is 16.5. The summed E-state index contributed by atoms with van der Waals surface area (Å²) in [5, 5.41) is 3.92. The number of hydrogen-bond acceptors (Lipinski definition) is 2. The van der Waals surface area contributed by atoms with E-state index in [2.05, 4.69) is 46.9 Å². The Labute approximate surface area is 132 Å². The third-order valence-corrected chi connectivity index (χ3v) is 6.51. The van der Waals surface area contributed by atoms with Gasteiger partial charge in [0.05, 0.1) is 12.2 Å². The second-order valence-corrected chi connectivity index (χ2v) is 7.99. The van der Waals surface area contributed by atoms with E-state index in [9.17, 15) is 0 Å². The molecule has 1 aliphatic heterocycles. The molecule has 124 valence electrons. The smallest absolute Gasteiger partial charge is 0.0597 e. The summed E-state index contributed by atoms with van der Waals surface area (Å²) in [5.74, 6) is 3.97. The first-order chi connectivity index (χ1) is 9.95. The first-order valence-corrected chi connectivity index (χ1v) is 9.34. The molecule has 2 nitrogen and oxygen atoms in total. The van der Waals surface area contributed by atoms with Gasteiger partial charge in [0.1, 0.15) is 0 Å². The SMILES string of the molecule is CCCNC(C1CCC(C)C(C)C1)C1C(C)OC(C)C1C. The van der Waals surface area contributed by atoms with Gasteiger partial charge < -0.3 is 10.1 Å². The molecule has 0 aromatic carbocycles. The quantitative estimate of drug-likeness (QED) is 0.807.